The van der Waals surface area contributed by atoms with Crippen molar-refractivity contribution in [2.24, 2.45) is 0 Å². The SMILES string of the molecule is COc1ccc(CC(=O)NCCCc2nc3ccccc3n2CCOc2ccccc2Cl)cc1. The summed E-state index contributed by atoms with van der Waals surface area (Å²) in [5.74, 6) is 2.44. The van der Waals surface area contributed by atoms with Crippen LogP contribution in [0.4, 0.5) is 0 Å². The number of halogens is 1. The summed E-state index contributed by atoms with van der Waals surface area (Å²) in [6, 6.07) is 23.1. The monoisotopic (exact) mass is 477 g/mol. The van der Waals surface area contributed by atoms with Gasteiger partial charge in [-0.2, -0.15) is 0 Å². The number of nitrogens with zero attached hydrogens (tertiary/aromatic N) is 2. The summed E-state index contributed by atoms with van der Waals surface area (Å²) in [7, 11) is 1.63. The molecule has 4 aromatic rings. The standard InChI is InChI=1S/C27H28ClN3O3/c1-33-21-14-12-20(13-15-21)19-27(32)29-16-6-11-26-30-23-8-3-4-9-24(23)31(26)17-18-34-25-10-5-2-7-22(25)28/h2-5,7-10,12-15H,6,11,16-19H2,1H3,(H,29,32). The fraction of sp³-hybridized carbons (Fsp3) is 0.259. The molecule has 0 aliphatic rings. The fourth-order valence-electron chi connectivity index (χ4n) is 3.84. The van der Waals surface area contributed by atoms with Gasteiger partial charge in [-0.3, -0.25) is 4.79 Å². The van der Waals surface area contributed by atoms with Crippen LogP contribution in [-0.2, 0) is 24.2 Å². The van der Waals surface area contributed by atoms with E-state index in [2.05, 4.69) is 16.0 Å². The molecule has 3 aromatic carbocycles. The molecular weight excluding hydrogens is 450 g/mol. The Kier molecular flexibility index (Phi) is 8.04. The van der Waals surface area contributed by atoms with Crippen molar-refractivity contribution in [3.8, 4) is 11.5 Å². The molecule has 7 heteroatoms. The van der Waals surface area contributed by atoms with Gasteiger partial charge >= 0.3 is 0 Å². The van der Waals surface area contributed by atoms with Gasteiger partial charge in [0.25, 0.3) is 0 Å². The third-order valence-corrected chi connectivity index (χ3v) is 5.88. The molecule has 0 bridgehead atoms. The number of benzene rings is 3. The van der Waals surface area contributed by atoms with Gasteiger partial charge in [-0.05, 0) is 48.4 Å². The number of carbonyl (C=O) groups excluding carboxylic acids is 1. The lowest BCUT2D eigenvalue weighted by molar-refractivity contribution is -0.120. The summed E-state index contributed by atoms with van der Waals surface area (Å²) in [5.41, 5.74) is 2.99. The van der Waals surface area contributed by atoms with Gasteiger partial charge < -0.3 is 19.4 Å². The molecule has 1 N–H and O–H groups in total. The lowest BCUT2D eigenvalue weighted by Gasteiger charge is -2.12. The summed E-state index contributed by atoms with van der Waals surface area (Å²) in [4.78, 5) is 17.1. The Labute approximate surface area is 204 Å². The first-order valence-corrected chi connectivity index (χ1v) is 11.7. The van der Waals surface area contributed by atoms with Crippen molar-refractivity contribution >= 4 is 28.5 Å². The number of amides is 1. The normalized spacial score (nSPS) is 10.9. The molecule has 0 atom stereocenters. The van der Waals surface area contributed by atoms with Crippen LogP contribution in [0.1, 0.15) is 17.8 Å². The first-order valence-electron chi connectivity index (χ1n) is 11.3. The first-order chi connectivity index (χ1) is 16.6. The van der Waals surface area contributed by atoms with E-state index in [0.717, 1.165) is 41.0 Å². The second-order valence-corrected chi connectivity index (χ2v) is 8.33. The molecule has 0 spiro atoms. The lowest BCUT2D eigenvalue weighted by Crippen LogP contribution is -2.26. The van der Waals surface area contributed by atoms with Crippen LogP contribution in [0, 0.1) is 0 Å². The van der Waals surface area contributed by atoms with E-state index in [-0.39, 0.29) is 5.91 Å². The second kappa shape index (κ2) is 11.6. The van der Waals surface area contributed by atoms with Crippen molar-refractivity contribution in [2.75, 3.05) is 20.3 Å². The number of fused-ring (bicyclic) bond motifs is 1. The molecule has 0 fully saturated rings. The van der Waals surface area contributed by atoms with Gasteiger partial charge in [0.2, 0.25) is 5.91 Å². The molecule has 1 aromatic heterocycles. The summed E-state index contributed by atoms with van der Waals surface area (Å²) < 4.78 is 13.2. The Morgan fingerprint density at radius 3 is 2.59 bits per heavy atom. The number of hydrogen-bond acceptors (Lipinski definition) is 4. The van der Waals surface area contributed by atoms with E-state index < -0.39 is 0 Å². The smallest absolute Gasteiger partial charge is 0.224 e. The number of hydrogen-bond donors (Lipinski definition) is 1. The quantitative estimate of drug-likeness (QED) is 0.306. The highest BCUT2D eigenvalue weighted by molar-refractivity contribution is 6.32. The van der Waals surface area contributed by atoms with Gasteiger partial charge in [0.1, 0.15) is 23.9 Å². The highest BCUT2D eigenvalue weighted by Crippen LogP contribution is 2.23. The minimum atomic E-state index is 0.00631. The van der Waals surface area contributed by atoms with Crippen LogP contribution in [0.2, 0.25) is 5.02 Å². The van der Waals surface area contributed by atoms with E-state index in [1.165, 1.54) is 0 Å². The number of imidazole rings is 1. The molecule has 0 saturated heterocycles. The summed E-state index contributed by atoms with van der Waals surface area (Å²) >= 11 is 6.20. The van der Waals surface area contributed by atoms with Gasteiger partial charge in [-0.15, -0.1) is 0 Å². The second-order valence-electron chi connectivity index (χ2n) is 7.93. The van der Waals surface area contributed by atoms with E-state index in [4.69, 9.17) is 26.1 Å². The summed E-state index contributed by atoms with van der Waals surface area (Å²) in [6.45, 7) is 1.73. The minimum Gasteiger partial charge on any atom is -0.497 e. The van der Waals surface area contributed by atoms with Crippen LogP contribution >= 0.6 is 11.6 Å². The van der Waals surface area contributed by atoms with Crippen molar-refractivity contribution in [3.63, 3.8) is 0 Å². The maximum Gasteiger partial charge on any atom is 0.224 e. The van der Waals surface area contributed by atoms with Crippen LogP contribution < -0.4 is 14.8 Å². The van der Waals surface area contributed by atoms with Crippen LogP contribution in [0.5, 0.6) is 11.5 Å². The van der Waals surface area contributed by atoms with E-state index in [1.54, 1.807) is 7.11 Å². The fourth-order valence-corrected chi connectivity index (χ4v) is 4.03. The molecule has 0 aliphatic carbocycles. The number of methoxy groups -OCH3 is 1. The van der Waals surface area contributed by atoms with Crippen molar-refractivity contribution < 1.29 is 14.3 Å². The molecule has 0 aliphatic heterocycles. The molecular formula is C27H28ClN3O3. The maximum absolute atomic E-state index is 12.3. The Bertz CT molecular complexity index is 1240. The maximum atomic E-state index is 12.3. The molecule has 4 rings (SSSR count). The van der Waals surface area contributed by atoms with Gasteiger partial charge in [-0.25, -0.2) is 4.98 Å². The number of para-hydroxylation sites is 3. The highest BCUT2D eigenvalue weighted by Gasteiger charge is 2.11. The van der Waals surface area contributed by atoms with Gasteiger partial charge in [-0.1, -0.05) is 48.0 Å². The molecule has 0 radical (unpaired) electrons. The Morgan fingerprint density at radius 1 is 1.03 bits per heavy atom. The number of nitrogens with one attached hydrogen (secondary N) is 1. The van der Waals surface area contributed by atoms with E-state index in [1.807, 2.05) is 66.7 Å². The summed E-state index contributed by atoms with van der Waals surface area (Å²) in [6.07, 6.45) is 1.90. The van der Waals surface area contributed by atoms with Crippen molar-refractivity contribution in [1.82, 2.24) is 14.9 Å². The van der Waals surface area contributed by atoms with Crippen LogP contribution in [-0.4, -0.2) is 35.7 Å². The average molecular weight is 478 g/mol. The molecule has 6 nitrogen and oxygen atoms in total. The Morgan fingerprint density at radius 2 is 1.79 bits per heavy atom. The highest BCUT2D eigenvalue weighted by atomic mass is 35.5. The van der Waals surface area contributed by atoms with E-state index in [0.29, 0.717) is 36.9 Å². The van der Waals surface area contributed by atoms with Crippen LogP contribution in [0.3, 0.4) is 0 Å². The number of aryl methyl sites for hydroxylation is 1. The number of aromatic nitrogens is 2. The minimum absolute atomic E-state index is 0.00631. The first kappa shape index (κ1) is 23.6. The number of carbonyl (C=O) groups is 1. The van der Waals surface area contributed by atoms with Gasteiger partial charge in [0.15, 0.2) is 0 Å². The van der Waals surface area contributed by atoms with E-state index in [9.17, 15) is 4.79 Å². The predicted octanol–water partition coefficient (Wildman–Crippen LogP) is 5.07. The molecule has 34 heavy (non-hydrogen) atoms. The molecule has 0 unspecified atom stereocenters. The van der Waals surface area contributed by atoms with Crippen LogP contribution in [0.15, 0.2) is 72.8 Å². The third kappa shape index (κ3) is 6.08. The largest absolute Gasteiger partial charge is 0.497 e. The summed E-state index contributed by atoms with van der Waals surface area (Å²) in [5, 5.41) is 3.61. The Balaban J connectivity index is 1.31. The van der Waals surface area contributed by atoms with Gasteiger partial charge in [0, 0.05) is 13.0 Å². The zero-order valence-electron chi connectivity index (χ0n) is 19.2. The number of rotatable bonds is 11. The lowest BCUT2D eigenvalue weighted by atomic mass is 10.1. The van der Waals surface area contributed by atoms with Crippen molar-refractivity contribution in [2.45, 2.75) is 25.8 Å². The third-order valence-electron chi connectivity index (χ3n) is 5.57. The van der Waals surface area contributed by atoms with E-state index >= 15 is 0 Å². The topological polar surface area (TPSA) is 65.4 Å². The average Bonchev–Trinajstić information content (AvgIpc) is 3.21. The zero-order chi connectivity index (χ0) is 23.8. The Hall–Kier alpha value is -3.51. The molecule has 1 amide bonds. The van der Waals surface area contributed by atoms with Crippen molar-refractivity contribution in [3.05, 3.63) is 89.2 Å². The van der Waals surface area contributed by atoms with Gasteiger partial charge in [0.05, 0.1) is 36.1 Å². The van der Waals surface area contributed by atoms with Crippen LogP contribution in [0.25, 0.3) is 11.0 Å². The molecule has 1 heterocycles. The number of ether oxygens (including phenoxy) is 2. The zero-order valence-corrected chi connectivity index (χ0v) is 19.9. The van der Waals surface area contributed by atoms with Crippen molar-refractivity contribution in [1.29, 1.82) is 0 Å². The molecule has 176 valence electrons. The molecule has 0 saturated carbocycles. The predicted molar refractivity (Wildman–Crippen MR) is 135 cm³/mol.